The van der Waals surface area contributed by atoms with Crippen molar-refractivity contribution in [1.29, 1.82) is 5.41 Å². The lowest BCUT2D eigenvalue weighted by Crippen LogP contribution is -2.43. The van der Waals surface area contributed by atoms with Crippen molar-refractivity contribution in [1.82, 2.24) is 9.88 Å². The van der Waals surface area contributed by atoms with Gasteiger partial charge in [0, 0.05) is 23.7 Å². The highest BCUT2D eigenvalue weighted by Crippen LogP contribution is 2.33. The van der Waals surface area contributed by atoms with E-state index in [0.29, 0.717) is 24.4 Å². The number of nitrogens with zero attached hydrogens (tertiary/aromatic N) is 2. The van der Waals surface area contributed by atoms with Crippen molar-refractivity contribution >= 4 is 23.0 Å². The van der Waals surface area contributed by atoms with Crippen molar-refractivity contribution in [2.45, 2.75) is 57.5 Å². The van der Waals surface area contributed by atoms with Crippen molar-refractivity contribution in [3.63, 3.8) is 0 Å². The summed E-state index contributed by atoms with van der Waals surface area (Å²) in [6, 6.07) is 4.26. The molecule has 4 nitrogen and oxygen atoms in total. The van der Waals surface area contributed by atoms with Gasteiger partial charge in [-0.05, 0) is 30.0 Å². The summed E-state index contributed by atoms with van der Waals surface area (Å²) in [5.74, 6) is 0.585. The minimum atomic E-state index is -0.335. The van der Waals surface area contributed by atoms with Crippen LogP contribution in [0.1, 0.15) is 54.7 Å². The van der Waals surface area contributed by atoms with Gasteiger partial charge in [-0.15, -0.1) is 11.3 Å². The molecule has 6 heteroatoms. The Morgan fingerprint density at radius 3 is 2.89 bits per heavy atom. The van der Waals surface area contributed by atoms with Crippen LogP contribution in [0.15, 0.2) is 29.8 Å². The van der Waals surface area contributed by atoms with Crippen LogP contribution in [0.25, 0.3) is 0 Å². The molecule has 0 amide bonds. The number of carbonyl (C=O) groups is 1. The number of hydrogen-bond donors (Lipinski definition) is 1. The third kappa shape index (κ3) is 3.95. The maximum absolute atomic E-state index is 13.7. The molecule has 2 aliphatic rings. The summed E-state index contributed by atoms with van der Waals surface area (Å²) in [5, 5.41) is 11.3. The Kier molecular flexibility index (Phi) is 5.34. The lowest BCUT2D eigenvalue weighted by atomic mass is 9.83. The Hall–Kier alpha value is -2.08. The molecule has 27 heavy (non-hydrogen) atoms. The van der Waals surface area contributed by atoms with Gasteiger partial charge in [-0.2, -0.15) is 0 Å². The van der Waals surface area contributed by atoms with E-state index in [4.69, 9.17) is 5.41 Å². The second kappa shape index (κ2) is 7.89. The van der Waals surface area contributed by atoms with E-state index in [1.165, 1.54) is 42.7 Å². The van der Waals surface area contributed by atoms with E-state index < -0.39 is 0 Å². The second-order valence-corrected chi connectivity index (χ2v) is 8.58. The zero-order valence-corrected chi connectivity index (χ0v) is 16.1. The number of carbonyl (C=O) groups excluding carboxylic acids is 1. The molecule has 1 aliphatic heterocycles. The Morgan fingerprint density at radius 2 is 2.15 bits per heavy atom. The number of ketones is 1. The van der Waals surface area contributed by atoms with Crippen LogP contribution in [-0.2, 0) is 17.8 Å². The average molecular weight is 386 g/mol. The molecule has 0 saturated heterocycles. The van der Waals surface area contributed by atoms with E-state index in [2.05, 4.69) is 4.98 Å². The Balaban J connectivity index is 1.57. The molecular formula is C21H24FN3OS. The average Bonchev–Trinajstić information content (AvgIpc) is 3.29. The maximum atomic E-state index is 13.7. The number of Topliss-reactive ketones (excluding diaryl/α,β-unsaturated/α-hetero) is 1. The van der Waals surface area contributed by atoms with Gasteiger partial charge < -0.3 is 4.90 Å². The van der Waals surface area contributed by atoms with Crippen LogP contribution in [0.5, 0.6) is 0 Å². The van der Waals surface area contributed by atoms with Gasteiger partial charge >= 0.3 is 0 Å². The number of rotatable bonds is 6. The summed E-state index contributed by atoms with van der Waals surface area (Å²) >= 11 is 1.49. The van der Waals surface area contributed by atoms with Crippen LogP contribution in [-0.4, -0.2) is 27.5 Å². The molecule has 2 heterocycles. The van der Waals surface area contributed by atoms with Crippen LogP contribution in [0.4, 0.5) is 4.39 Å². The van der Waals surface area contributed by atoms with Crippen LogP contribution in [0.3, 0.4) is 0 Å². The molecule has 2 aromatic rings. The van der Waals surface area contributed by atoms with Gasteiger partial charge in [0.1, 0.15) is 11.7 Å². The lowest BCUT2D eigenvalue weighted by molar-refractivity contribution is -0.123. The van der Waals surface area contributed by atoms with Gasteiger partial charge in [0.05, 0.1) is 17.5 Å². The second-order valence-electron chi connectivity index (χ2n) is 7.60. The molecule has 1 atom stereocenters. The van der Waals surface area contributed by atoms with E-state index >= 15 is 0 Å². The Labute approximate surface area is 162 Å². The van der Waals surface area contributed by atoms with E-state index in [0.717, 1.165) is 29.8 Å². The molecule has 1 fully saturated rings. The van der Waals surface area contributed by atoms with Crippen molar-refractivity contribution < 1.29 is 9.18 Å². The molecule has 1 aliphatic carbocycles. The largest absolute Gasteiger partial charge is 0.342 e. The highest BCUT2D eigenvalue weighted by molar-refractivity contribution is 7.09. The first kappa shape index (κ1) is 18.3. The van der Waals surface area contributed by atoms with Crippen LogP contribution in [0, 0.1) is 17.1 Å². The SMILES string of the molecule is N=C1c2cc(F)ccc2CN1C(CC1CCCCC1)C(=O)Cc1nccs1. The molecule has 142 valence electrons. The molecule has 1 unspecified atom stereocenters. The van der Waals surface area contributed by atoms with Gasteiger partial charge in [0.2, 0.25) is 0 Å². The fraction of sp³-hybridized carbons (Fsp3) is 0.476. The van der Waals surface area contributed by atoms with Crippen molar-refractivity contribution in [2.75, 3.05) is 0 Å². The monoisotopic (exact) mass is 385 g/mol. The third-order valence-electron chi connectivity index (χ3n) is 5.79. The first-order valence-corrected chi connectivity index (χ1v) is 10.5. The van der Waals surface area contributed by atoms with E-state index in [1.807, 2.05) is 10.3 Å². The molecular weight excluding hydrogens is 361 g/mol. The Morgan fingerprint density at radius 1 is 1.33 bits per heavy atom. The van der Waals surface area contributed by atoms with Crippen molar-refractivity contribution in [2.24, 2.45) is 5.92 Å². The topological polar surface area (TPSA) is 57.1 Å². The zero-order chi connectivity index (χ0) is 18.8. The molecule has 1 aromatic heterocycles. The molecule has 0 radical (unpaired) electrons. The number of nitrogens with one attached hydrogen (secondary N) is 1. The summed E-state index contributed by atoms with van der Waals surface area (Å²) in [5.41, 5.74) is 1.54. The van der Waals surface area contributed by atoms with Gasteiger partial charge in [-0.25, -0.2) is 9.37 Å². The predicted molar refractivity (Wildman–Crippen MR) is 105 cm³/mol. The van der Waals surface area contributed by atoms with Gasteiger partial charge in [-0.3, -0.25) is 10.2 Å². The molecule has 4 rings (SSSR count). The number of halogens is 1. The zero-order valence-electron chi connectivity index (χ0n) is 15.3. The first-order valence-electron chi connectivity index (χ1n) is 9.67. The van der Waals surface area contributed by atoms with Gasteiger partial charge in [-0.1, -0.05) is 38.2 Å². The summed E-state index contributed by atoms with van der Waals surface area (Å²) in [4.78, 5) is 19.3. The number of thiazole rings is 1. The summed E-state index contributed by atoms with van der Waals surface area (Å²) in [6.07, 6.45) is 8.85. The highest BCUT2D eigenvalue weighted by atomic mass is 32.1. The minimum Gasteiger partial charge on any atom is -0.342 e. The summed E-state index contributed by atoms with van der Waals surface area (Å²) < 4.78 is 13.7. The fourth-order valence-corrected chi connectivity index (χ4v) is 4.99. The number of aromatic nitrogens is 1. The van der Waals surface area contributed by atoms with Gasteiger partial charge in [0.25, 0.3) is 0 Å². The van der Waals surface area contributed by atoms with Crippen LogP contribution >= 0.6 is 11.3 Å². The maximum Gasteiger partial charge on any atom is 0.162 e. The van der Waals surface area contributed by atoms with E-state index in [1.54, 1.807) is 12.3 Å². The predicted octanol–water partition coefficient (Wildman–Crippen LogP) is 4.57. The molecule has 0 spiro atoms. The van der Waals surface area contributed by atoms with E-state index in [-0.39, 0.29) is 23.5 Å². The molecule has 0 bridgehead atoms. The van der Waals surface area contributed by atoms with Crippen molar-refractivity contribution in [3.8, 4) is 0 Å². The lowest BCUT2D eigenvalue weighted by Gasteiger charge is -2.32. The van der Waals surface area contributed by atoms with E-state index in [9.17, 15) is 9.18 Å². The first-order chi connectivity index (χ1) is 13.1. The minimum absolute atomic E-state index is 0.119. The quantitative estimate of drug-likeness (QED) is 0.792. The smallest absolute Gasteiger partial charge is 0.162 e. The van der Waals surface area contributed by atoms with Crippen LogP contribution in [0.2, 0.25) is 0 Å². The molecule has 1 saturated carbocycles. The number of fused-ring (bicyclic) bond motifs is 1. The number of amidine groups is 1. The molecule has 1 aromatic carbocycles. The Bertz CT molecular complexity index is 830. The highest BCUT2D eigenvalue weighted by Gasteiger charge is 2.36. The van der Waals surface area contributed by atoms with Crippen LogP contribution < -0.4 is 0 Å². The van der Waals surface area contributed by atoms with Crippen molar-refractivity contribution in [3.05, 3.63) is 51.7 Å². The normalized spacial score (nSPS) is 18.6. The van der Waals surface area contributed by atoms with Gasteiger partial charge in [0.15, 0.2) is 5.78 Å². The standard InChI is InChI=1S/C21H24FN3OS/c22-16-7-6-15-13-25(21(23)17(15)11-16)18(10-14-4-2-1-3-5-14)19(26)12-20-24-8-9-27-20/h6-9,11,14,18,23H,1-5,10,12-13H2. The number of hydrogen-bond acceptors (Lipinski definition) is 4. The summed E-state index contributed by atoms with van der Waals surface area (Å²) in [7, 11) is 0. The fourth-order valence-electron chi connectivity index (χ4n) is 4.37. The third-order valence-corrected chi connectivity index (χ3v) is 6.57. The number of benzene rings is 1. The summed E-state index contributed by atoms with van der Waals surface area (Å²) in [6.45, 7) is 0.509. The molecule has 1 N–H and O–H groups in total.